The van der Waals surface area contributed by atoms with Crippen molar-refractivity contribution < 1.29 is 15.0 Å². The normalized spacial score (nSPS) is 9.84. The molecule has 0 atom stereocenters. The van der Waals surface area contributed by atoms with E-state index in [0.717, 1.165) is 0 Å². The summed E-state index contributed by atoms with van der Waals surface area (Å²) in [4.78, 5) is 8.56. The van der Waals surface area contributed by atoms with Crippen LogP contribution in [0.25, 0.3) is 0 Å². The minimum atomic E-state index is -1.83. The second kappa shape index (κ2) is 20.2. The average Bonchev–Trinajstić information content (AvgIpc) is 2.35. The Morgan fingerprint density at radius 1 is 0.737 bits per heavy atom. The minimum absolute atomic E-state index is 1.37. The van der Waals surface area contributed by atoms with E-state index in [9.17, 15) is 0 Å². The van der Waals surface area contributed by atoms with Crippen LogP contribution in [0, 0.1) is 0 Å². The molecule has 0 aliphatic heterocycles. The zero-order valence-electron chi connectivity index (χ0n) is 13.0. The van der Waals surface area contributed by atoms with Crippen LogP contribution in [0.1, 0.15) is 84.0 Å². The van der Waals surface area contributed by atoms with Crippen molar-refractivity contribution in [2.75, 3.05) is 0 Å². The molecule has 0 amide bonds. The fourth-order valence-electron chi connectivity index (χ4n) is 2.09. The smallest absolute Gasteiger partial charge is 0.0654 e. The summed E-state index contributed by atoms with van der Waals surface area (Å²) in [5.41, 5.74) is 0. The van der Waals surface area contributed by atoms with Gasteiger partial charge < -0.3 is 10.2 Å². The molecule has 0 radical (unpaired) electrons. The molecule has 0 saturated carbocycles. The molecule has 0 aromatic rings. The summed E-state index contributed by atoms with van der Waals surface area (Å²) < 4.78 is 0. The fourth-order valence-corrected chi connectivity index (χ4v) is 2.09. The Kier molecular flexibility index (Phi) is 22.5. The van der Waals surface area contributed by atoms with E-state index in [0.29, 0.717) is 0 Å². The first kappa shape index (κ1) is 21.2. The molecular formula is C15H31LiO3. The van der Waals surface area contributed by atoms with E-state index < -0.39 is 6.16 Å². The van der Waals surface area contributed by atoms with Crippen molar-refractivity contribution in [1.82, 2.24) is 0 Å². The van der Waals surface area contributed by atoms with E-state index in [-0.39, 0.29) is 0 Å². The van der Waals surface area contributed by atoms with Crippen LogP contribution in [-0.4, -0.2) is 34.1 Å². The van der Waals surface area contributed by atoms with Gasteiger partial charge >= 0.3 is 99.6 Å². The Bertz CT molecular complexity index is 159. The first-order chi connectivity index (χ1) is 9.15. The molecule has 0 bridgehead atoms. The van der Waals surface area contributed by atoms with Gasteiger partial charge in [0.2, 0.25) is 0 Å². The maximum absolute atomic E-state index is 8.56. The Hall–Kier alpha value is -0.133. The van der Waals surface area contributed by atoms with Gasteiger partial charge in [-0.3, -0.25) is 0 Å². The summed E-state index contributed by atoms with van der Waals surface area (Å²) in [6.07, 6.45) is 15.7. The predicted octanol–water partition coefficient (Wildman–Crippen LogP) is 5.50. The topological polar surface area (TPSA) is 57.5 Å². The van der Waals surface area contributed by atoms with Crippen molar-refractivity contribution >= 4 is 23.9 Å². The molecular weight excluding hydrogens is 235 g/mol. The van der Waals surface area contributed by atoms with Crippen LogP contribution in [0.4, 0.5) is 4.79 Å². The van der Waals surface area contributed by atoms with Gasteiger partial charge in [0.05, 0.1) is 0 Å². The zero-order chi connectivity index (χ0) is 14.8. The number of unbranched alkanes of at least 4 members (excludes halogenated alkanes) is 11. The van der Waals surface area contributed by atoms with Crippen LogP contribution in [0.2, 0.25) is 5.09 Å². The number of carboxylic acid groups (broad SMARTS) is 2. The molecule has 0 aliphatic rings. The quantitative estimate of drug-likeness (QED) is 0.362. The molecule has 0 rings (SSSR count). The van der Waals surface area contributed by atoms with Crippen molar-refractivity contribution in [2.45, 2.75) is 89.1 Å². The molecule has 19 heavy (non-hydrogen) atoms. The van der Waals surface area contributed by atoms with Gasteiger partial charge in [-0.15, -0.1) is 0 Å². The summed E-state index contributed by atoms with van der Waals surface area (Å²) in [6, 6.07) is 0. The third-order valence-corrected chi connectivity index (χ3v) is 3.21. The summed E-state index contributed by atoms with van der Waals surface area (Å²) in [7, 11) is 0. The molecule has 0 aliphatic carbocycles. The van der Waals surface area contributed by atoms with E-state index in [4.69, 9.17) is 15.0 Å². The van der Waals surface area contributed by atoms with Crippen molar-refractivity contribution in [3.63, 3.8) is 0 Å². The van der Waals surface area contributed by atoms with Crippen LogP contribution in [0.15, 0.2) is 0 Å². The van der Waals surface area contributed by atoms with E-state index >= 15 is 0 Å². The van der Waals surface area contributed by atoms with E-state index in [2.05, 4.69) is 24.6 Å². The van der Waals surface area contributed by atoms with Crippen LogP contribution < -0.4 is 0 Å². The Labute approximate surface area is 128 Å². The fraction of sp³-hybridized carbons (Fsp3) is 0.933. The van der Waals surface area contributed by atoms with Gasteiger partial charge in [0, 0.05) is 0 Å². The van der Waals surface area contributed by atoms with Crippen LogP contribution >= 0.6 is 0 Å². The summed E-state index contributed by atoms with van der Waals surface area (Å²) >= 11 is 2.29. The average molecular weight is 266 g/mol. The third kappa shape index (κ3) is 31.9. The molecule has 3 nitrogen and oxygen atoms in total. The van der Waals surface area contributed by atoms with E-state index in [1.165, 1.54) is 82.1 Å². The van der Waals surface area contributed by atoms with E-state index in [1.54, 1.807) is 0 Å². The zero-order valence-corrected chi connectivity index (χ0v) is 13.0. The van der Waals surface area contributed by atoms with Gasteiger partial charge in [0.25, 0.3) is 0 Å². The minimum Gasteiger partial charge on any atom is -0.0654 e. The number of hydrogen-bond acceptors (Lipinski definition) is 1. The van der Waals surface area contributed by atoms with Crippen LogP contribution in [-0.2, 0) is 0 Å². The summed E-state index contributed by atoms with van der Waals surface area (Å²) in [6.45, 7) is 2.29. The van der Waals surface area contributed by atoms with Crippen LogP contribution in [0.3, 0.4) is 0 Å². The Morgan fingerprint density at radius 3 is 1.26 bits per heavy atom. The van der Waals surface area contributed by atoms with Crippen molar-refractivity contribution in [2.24, 2.45) is 0 Å². The van der Waals surface area contributed by atoms with Gasteiger partial charge in [-0.25, -0.2) is 4.79 Å². The monoisotopic (exact) mass is 266 g/mol. The van der Waals surface area contributed by atoms with Gasteiger partial charge in [0.1, 0.15) is 0 Å². The Balaban J connectivity index is 0. The second-order valence-electron chi connectivity index (χ2n) is 5.17. The van der Waals surface area contributed by atoms with Crippen molar-refractivity contribution in [3.8, 4) is 0 Å². The number of hydrogen-bond donors (Lipinski definition) is 2. The SMILES string of the molecule is O=C(O)O.[Li][CH2]CCCCCCCCCCCCC. The summed E-state index contributed by atoms with van der Waals surface area (Å²) in [5, 5.41) is 15.3. The molecule has 0 aromatic carbocycles. The maximum atomic E-state index is 8.56. The van der Waals surface area contributed by atoms with E-state index in [1.807, 2.05) is 0 Å². The van der Waals surface area contributed by atoms with Crippen molar-refractivity contribution in [1.29, 1.82) is 0 Å². The van der Waals surface area contributed by atoms with Gasteiger partial charge in [0.15, 0.2) is 0 Å². The molecule has 0 saturated heterocycles. The molecule has 0 unspecified atom stereocenters. The molecule has 0 spiro atoms. The summed E-state index contributed by atoms with van der Waals surface area (Å²) in [5.74, 6) is 0. The molecule has 0 aromatic heterocycles. The van der Waals surface area contributed by atoms with Gasteiger partial charge in [-0.1, -0.05) is 13.3 Å². The van der Waals surface area contributed by atoms with Crippen molar-refractivity contribution in [3.05, 3.63) is 0 Å². The number of carbonyl (C=O) groups is 1. The second-order valence-corrected chi connectivity index (χ2v) is 5.17. The van der Waals surface area contributed by atoms with Gasteiger partial charge in [-0.05, 0) is 0 Å². The Morgan fingerprint density at radius 2 is 1.00 bits per heavy atom. The van der Waals surface area contributed by atoms with Crippen LogP contribution in [0.5, 0.6) is 0 Å². The molecule has 0 heterocycles. The molecule has 4 heteroatoms. The third-order valence-electron chi connectivity index (χ3n) is 3.21. The number of rotatable bonds is 12. The van der Waals surface area contributed by atoms with Gasteiger partial charge in [-0.2, -0.15) is 0 Å². The molecule has 2 N–H and O–H groups in total. The standard InChI is InChI=1S/C14H29.CH2O3.Li/c1-3-5-7-9-11-13-14-12-10-8-6-4-2;2-1(3)4;/h1,3-14H2,2H3;(H2,2,3,4);. The molecule has 0 fully saturated rings. The molecule has 110 valence electrons. The first-order valence-electron chi connectivity index (χ1n) is 8.07. The first-order valence-corrected chi connectivity index (χ1v) is 8.07. The predicted molar refractivity (Wildman–Crippen MR) is 82.3 cm³/mol.